The Hall–Kier alpha value is -1.83. The molecule has 0 heterocycles. The average Bonchev–Trinajstić information content (AvgIpc) is 2.28. The summed E-state index contributed by atoms with van der Waals surface area (Å²) in [7, 11) is 1.51. The quantitative estimate of drug-likeness (QED) is 0.434. The molecule has 0 rings (SSSR count). The number of urea groups is 1. The molecule has 3 amide bonds. The van der Waals surface area contributed by atoms with E-state index in [1.54, 1.807) is 0 Å². The van der Waals surface area contributed by atoms with Gasteiger partial charge in [0.1, 0.15) is 12.1 Å². The van der Waals surface area contributed by atoms with Crippen LogP contribution in [-0.4, -0.2) is 55.4 Å². The van der Waals surface area contributed by atoms with Crippen LogP contribution in [0.2, 0.25) is 0 Å². The molecule has 104 valence electrons. The van der Waals surface area contributed by atoms with E-state index in [0.717, 1.165) is 0 Å². The monoisotopic (exact) mass is 261 g/mol. The van der Waals surface area contributed by atoms with E-state index in [-0.39, 0.29) is 5.91 Å². The molecule has 0 aliphatic carbocycles. The van der Waals surface area contributed by atoms with Gasteiger partial charge in [-0.05, 0) is 13.8 Å². The highest BCUT2D eigenvalue weighted by molar-refractivity contribution is 5.88. The van der Waals surface area contributed by atoms with Gasteiger partial charge in [-0.1, -0.05) is 0 Å². The molecule has 0 aromatic heterocycles. The van der Waals surface area contributed by atoms with Crippen LogP contribution in [0.25, 0.3) is 0 Å². The molecule has 8 heteroatoms. The second kappa shape index (κ2) is 8.29. The predicted molar refractivity (Wildman–Crippen MR) is 63.1 cm³/mol. The summed E-state index contributed by atoms with van der Waals surface area (Å²) in [5.41, 5.74) is 0. The molecule has 0 saturated carbocycles. The fraction of sp³-hybridized carbons (Fsp3) is 0.700. The standard InChI is InChI=1S/C10H19N3O5/c1-6(8(14)11-4-5-18-3)12-10(17)13-7(2)9(15)16/h6-7H,4-5H2,1-3H3,(H,11,14)(H,15,16)(H2,12,13,17)/t6?,7-/m0/s1. The van der Waals surface area contributed by atoms with Gasteiger partial charge < -0.3 is 25.8 Å². The summed E-state index contributed by atoms with van der Waals surface area (Å²) in [6.45, 7) is 3.54. The van der Waals surface area contributed by atoms with Gasteiger partial charge in [0.05, 0.1) is 6.61 Å². The van der Waals surface area contributed by atoms with Crippen LogP contribution in [0.15, 0.2) is 0 Å². The van der Waals surface area contributed by atoms with Crippen LogP contribution in [0, 0.1) is 0 Å². The Morgan fingerprint density at radius 2 is 1.72 bits per heavy atom. The number of amides is 3. The Morgan fingerprint density at radius 3 is 2.22 bits per heavy atom. The Bertz CT molecular complexity index is 308. The number of methoxy groups -OCH3 is 1. The molecule has 18 heavy (non-hydrogen) atoms. The zero-order chi connectivity index (χ0) is 14.1. The Labute approximate surface area is 105 Å². The van der Waals surface area contributed by atoms with Crippen molar-refractivity contribution in [2.45, 2.75) is 25.9 Å². The van der Waals surface area contributed by atoms with Crippen molar-refractivity contribution >= 4 is 17.9 Å². The largest absolute Gasteiger partial charge is 0.480 e. The van der Waals surface area contributed by atoms with Crippen LogP contribution >= 0.6 is 0 Å². The van der Waals surface area contributed by atoms with Crippen LogP contribution in [0.1, 0.15) is 13.8 Å². The van der Waals surface area contributed by atoms with Gasteiger partial charge in [0, 0.05) is 13.7 Å². The Balaban J connectivity index is 3.99. The van der Waals surface area contributed by atoms with E-state index in [1.165, 1.54) is 21.0 Å². The van der Waals surface area contributed by atoms with Crippen LogP contribution in [0.5, 0.6) is 0 Å². The van der Waals surface area contributed by atoms with Gasteiger partial charge in [0.25, 0.3) is 0 Å². The van der Waals surface area contributed by atoms with Crippen molar-refractivity contribution in [3.05, 3.63) is 0 Å². The number of carboxylic acids is 1. The second-order valence-electron chi connectivity index (χ2n) is 3.68. The molecule has 0 aliphatic rings. The van der Waals surface area contributed by atoms with E-state index in [1.807, 2.05) is 0 Å². The minimum Gasteiger partial charge on any atom is -0.480 e. The zero-order valence-electron chi connectivity index (χ0n) is 10.6. The van der Waals surface area contributed by atoms with Gasteiger partial charge in [-0.25, -0.2) is 4.79 Å². The van der Waals surface area contributed by atoms with Crippen molar-refractivity contribution in [3.8, 4) is 0 Å². The van der Waals surface area contributed by atoms with Crippen molar-refractivity contribution in [2.75, 3.05) is 20.3 Å². The minimum absolute atomic E-state index is 0.342. The molecule has 0 saturated heterocycles. The van der Waals surface area contributed by atoms with Crippen LogP contribution in [-0.2, 0) is 14.3 Å². The minimum atomic E-state index is -1.15. The zero-order valence-corrected chi connectivity index (χ0v) is 10.6. The van der Waals surface area contributed by atoms with Crippen LogP contribution in [0.4, 0.5) is 4.79 Å². The molecule has 0 aromatic rings. The van der Waals surface area contributed by atoms with Gasteiger partial charge in [0.15, 0.2) is 0 Å². The molecule has 0 radical (unpaired) electrons. The summed E-state index contributed by atoms with van der Waals surface area (Å²) in [4.78, 5) is 33.3. The fourth-order valence-electron chi connectivity index (χ4n) is 0.992. The molecule has 2 atom stereocenters. The lowest BCUT2D eigenvalue weighted by molar-refractivity contribution is -0.138. The van der Waals surface area contributed by atoms with Gasteiger partial charge in [-0.3, -0.25) is 9.59 Å². The number of aliphatic carboxylic acids is 1. The van der Waals surface area contributed by atoms with E-state index in [4.69, 9.17) is 9.84 Å². The summed E-state index contributed by atoms with van der Waals surface area (Å²) in [6, 6.07) is -2.49. The highest BCUT2D eigenvalue weighted by Gasteiger charge is 2.18. The molecular weight excluding hydrogens is 242 g/mol. The highest BCUT2D eigenvalue weighted by Crippen LogP contribution is 1.85. The lowest BCUT2D eigenvalue weighted by Gasteiger charge is -2.16. The number of ether oxygens (including phenoxy) is 1. The number of nitrogens with one attached hydrogen (secondary N) is 3. The third-order valence-corrected chi connectivity index (χ3v) is 2.06. The third-order valence-electron chi connectivity index (χ3n) is 2.06. The molecule has 0 aromatic carbocycles. The van der Waals surface area contributed by atoms with Crippen molar-refractivity contribution in [2.24, 2.45) is 0 Å². The highest BCUT2D eigenvalue weighted by atomic mass is 16.5. The smallest absolute Gasteiger partial charge is 0.325 e. The van der Waals surface area contributed by atoms with Gasteiger partial charge >= 0.3 is 12.0 Å². The van der Waals surface area contributed by atoms with Gasteiger partial charge in [-0.15, -0.1) is 0 Å². The summed E-state index contributed by atoms with van der Waals surface area (Å²) in [5.74, 6) is -1.52. The summed E-state index contributed by atoms with van der Waals surface area (Å²) < 4.78 is 4.75. The fourth-order valence-corrected chi connectivity index (χ4v) is 0.992. The van der Waals surface area contributed by atoms with Crippen molar-refractivity contribution < 1.29 is 24.2 Å². The first-order valence-corrected chi connectivity index (χ1v) is 5.45. The van der Waals surface area contributed by atoms with Crippen molar-refractivity contribution in [1.82, 2.24) is 16.0 Å². The van der Waals surface area contributed by atoms with Gasteiger partial charge in [-0.2, -0.15) is 0 Å². The lowest BCUT2D eigenvalue weighted by atomic mass is 10.3. The maximum Gasteiger partial charge on any atom is 0.325 e. The van der Waals surface area contributed by atoms with Crippen molar-refractivity contribution in [3.63, 3.8) is 0 Å². The first-order chi connectivity index (χ1) is 8.38. The Morgan fingerprint density at radius 1 is 1.17 bits per heavy atom. The van der Waals surface area contributed by atoms with E-state index in [9.17, 15) is 14.4 Å². The summed E-state index contributed by atoms with van der Waals surface area (Å²) in [5, 5.41) is 15.6. The first kappa shape index (κ1) is 16.2. The molecule has 0 spiro atoms. The molecular formula is C10H19N3O5. The molecule has 0 fully saturated rings. The number of rotatable bonds is 7. The maximum absolute atomic E-state index is 11.4. The molecule has 0 aliphatic heterocycles. The number of hydrogen-bond acceptors (Lipinski definition) is 4. The van der Waals surface area contributed by atoms with Gasteiger partial charge in [0.2, 0.25) is 5.91 Å². The van der Waals surface area contributed by atoms with Crippen LogP contribution in [0.3, 0.4) is 0 Å². The van der Waals surface area contributed by atoms with Crippen LogP contribution < -0.4 is 16.0 Å². The number of carboxylic acid groups (broad SMARTS) is 1. The normalized spacial score (nSPS) is 13.3. The maximum atomic E-state index is 11.4. The van der Waals surface area contributed by atoms with E-state index < -0.39 is 24.1 Å². The molecule has 8 nitrogen and oxygen atoms in total. The summed E-state index contributed by atoms with van der Waals surface area (Å²) >= 11 is 0. The lowest BCUT2D eigenvalue weighted by Crippen LogP contribution is -2.51. The van der Waals surface area contributed by atoms with Crippen molar-refractivity contribution in [1.29, 1.82) is 0 Å². The second-order valence-corrected chi connectivity index (χ2v) is 3.68. The number of hydrogen-bond donors (Lipinski definition) is 4. The molecule has 0 bridgehead atoms. The van der Waals surface area contributed by atoms with E-state index >= 15 is 0 Å². The summed E-state index contributed by atoms with van der Waals surface area (Å²) in [6.07, 6.45) is 0. The molecule has 4 N–H and O–H groups in total. The number of carbonyl (C=O) groups excluding carboxylic acids is 2. The first-order valence-electron chi connectivity index (χ1n) is 5.45. The topological polar surface area (TPSA) is 117 Å². The SMILES string of the molecule is COCCNC(=O)C(C)NC(=O)N[C@@H](C)C(=O)O. The van der Waals surface area contributed by atoms with E-state index in [2.05, 4.69) is 16.0 Å². The Kier molecular flexibility index (Phi) is 7.45. The molecule has 1 unspecified atom stereocenters. The number of carbonyl (C=O) groups is 3. The third kappa shape index (κ3) is 6.69. The predicted octanol–water partition coefficient (Wildman–Crippen LogP) is -1.09. The van der Waals surface area contributed by atoms with E-state index in [0.29, 0.717) is 13.2 Å². The average molecular weight is 261 g/mol.